The van der Waals surface area contributed by atoms with Crippen LogP contribution in [0.25, 0.3) is 0 Å². The maximum absolute atomic E-state index is 11.5. The van der Waals surface area contributed by atoms with Crippen LogP contribution in [0.3, 0.4) is 0 Å². The van der Waals surface area contributed by atoms with Crippen molar-refractivity contribution in [1.82, 2.24) is 0 Å². The van der Waals surface area contributed by atoms with E-state index in [0.29, 0.717) is 52.1 Å². The number of ketones is 1. The van der Waals surface area contributed by atoms with Crippen LogP contribution in [-0.4, -0.2) is 28.2 Å². The van der Waals surface area contributed by atoms with Crippen LogP contribution < -0.4 is 0 Å². The largest absolute Gasteiger partial charge is 0.393 e. The van der Waals surface area contributed by atoms with Crippen molar-refractivity contribution in [1.29, 1.82) is 0 Å². The third-order valence-electron chi connectivity index (χ3n) is 10.4. The molecule has 4 aliphatic rings. The highest BCUT2D eigenvalue weighted by atomic mass is 16.3. The van der Waals surface area contributed by atoms with E-state index in [1.807, 2.05) is 0 Å². The van der Waals surface area contributed by atoms with Crippen molar-refractivity contribution in [3.63, 3.8) is 0 Å². The molecule has 0 saturated heterocycles. The van der Waals surface area contributed by atoms with Gasteiger partial charge in [-0.1, -0.05) is 20.8 Å². The normalized spacial score (nSPS) is 51.7. The van der Waals surface area contributed by atoms with Gasteiger partial charge in [-0.05, 0) is 111 Å². The third-order valence-corrected chi connectivity index (χ3v) is 10.4. The number of aliphatic hydroxyl groups excluding tert-OH is 2. The zero-order chi connectivity index (χ0) is 20.3. The van der Waals surface area contributed by atoms with Gasteiger partial charge < -0.3 is 15.0 Å². The molecule has 160 valence electrons. The van der Waals surface area contributed by atoms with E-state index in [1.54, 1.807) is 6.92 Å². The van der Waals surface area contributed by atoms with Crippen molar-refractivity contribution in [3.8, 4) is 0 Å². The Labute approximate surface area is 171 Å². The first-order chi connectivity index (χ1) is 13.2. The minimum absolute atomic E-state index is 0.159. The van der Waals surface area contributed by atoms with Crippen molar-refractivity contribution in [3.05, 3.63) is 0 Å². The minimum Gasteiger partial charge on any atom is -0.393 e. The Morgan fingerprint density at radius 2 is 1.68 bits per heavy atom. The lowest BCUT2D eigenvalue weighted by molar-refractivity contribution is -0.174. The molecule has 0 amide bonds. The number of carbonyl (C=O) groups excluding carboxylic acids is 1. The Bertz CT molecular complexity index is 603. The molecule has 4 rings (SSSR count). The van der Waals surface area contributed by atoms with Gasteiger partial charge in [-0.25, -0.2) is 0 Å². The molecule has 0 radical (unpaired) electrons. The lowest BCUT2D eigenvalue weighted by Crippen LogP contribution is -2.58. The average molecular weight is 391 g/mol. The Hall–Kier alpha value is -0.410. The molecule has 3 nitrogen and oxygen atoms in total. The van der Waals surface area contributed by atoms with Crippen LogP contribution in [0.4, 0.5) is 0 Å². The lowest BCUT2D eigenvalue weighted by atomic mass is 9.43. The fourth-order valence-corrected chi connectivity index (χ4v) is 8.81. The summed E-state index contributed by atoms with van der Waals surface area (Å²) >= 11 is 0. The topological polar surface area (TPSA) is 57.5 Å². The smallest absolute Gasteiger partial charge is 0.129 e. The number of hydrogen-bond donors (Lipinski definition) is 2. The van der Waals surface area contributed by atoms with Crippen molar-refractivity contribution in [2.75, 3.05) is 0 Å². The summed E-state index contributed by atoms with van der Waals surface area (Å²) in [6.07, 6.45) is 10.3. The van der Waals surface area contributed by atoms with Gasteiger partial charge in [-0.15, -0.1) is 0 Å². The molecule has 4 unspecified atom stereocenters. The minimum atomic E-state index is -0.190. The van der Waals surface area contributed by atoms with Gasteiger partial charge in [-0.2, -0.15) is 0 Å². The quantitative estimate of drug-likeness (QED) is 0.711. The molecular formula is C25H42O3. The predicted octanol–water partition coefficient (Wildman–Crippen LogP) is 4.98. The number of hydrogen-bond acceptors (Lipinski definition) is 3. The Morgan fingerprint density at radius 1 is 1.00 bits per heavy atom. The molecule has 0 aromatic carbocycles. The summed E-state index contributed by atoms with van der Waals surface area (Å²) < 4.78 is 0. The summed E-state index contributed by atoms with van der Waals surface area (Å²) in [6, 6.07) is 0. The van der Waals surface area contributed by atoms with E-state index in [0.717, 1.165) is 38.5 Å². The molecule has 4 fully saturated rings. The van der Waals surface area contributed by atoms with Gasteiger partial charge in [0.15, 0.2) is 0 Å². The molecule has 0 aromatic heterocycles. The van der Waals surface area contributed by atoms with Crippen LogP contribution >= 0.6 is 0 Å². The monoisotopic (exact) mass is 390 g/mol. The molecule has 0 spiro atoms. The highest BCUT2D eigenvalue weighted by Crippen LogP contribution is 2.68. The van der Waals surface area contributed by atoms with Gasteiger partial charge in [0.2, 0.25) is 0 Å². The van der Waals surface area contributed by atoms with Crippen LogP contribution in [0.2, 0.25) is 0 Å². The summed E-state index contributed by atoms with van der Waals surface area (Å²) in [4.78, 5) is 11.5. The molecule has 0 aliphatic heterocycles. The highest BCUT2D eigenvalue weighted by Gasteiger charge is 2.62. The first-order valence-electron chi connectivity index (χ1n) is 12.0. The summed E-state index contributed by atoms with van der Waals surface area (Å²) in [6.45, 7) is 9.08. The summed E-state index contributed by atoms with van der Waals surface area (Å²) in [7, 11) is 0. The van der Waals surface area contributed by atoms with Crippen molar-refractivity contribution >= 4 is 5.78 Å². The Kier molecular flexibility index (Phi) is 5.49. The third kappa shape index (κ3) is 3.20. The van der Waals surface area contributed by atoms with Gasteiger partial charge >= 0.3 is 0 Å². The standard InChI is InChI=1S/C25H42O3/c1-15(5-6-16(2)26)19-7-8-20-23-21(10-12-25(19,20)4)24(3)11-9-18(27)13-17(24)14-22(23)28/h15,17-23,27-28H,5-14H2,1-4H3/t15-,17+,18-,19-,20?,21?,22?,23?,24+,25-/m1/s1. The van der Waals surface area contributed by atoms with E-state index < -0.39 is 0 Å². The number of rotatable bonds is 4. The van der Waals surface area contributed by atoms with Gasteiger partial charge in [0.25, 0.3) is 0 Å². The first kappa shape index (κ1) is 20.8. The number of carbonyl (C=O) groups is 1. The summed E-state index contributed by atoms with van der Waals surface area (Å²) in [5, 5.41) is 21.5. The lowest BCUT2D eigenvalue weighted by Gasteiger charge is -2.62. The van der Waals surface area contributed by atoms with Crippen molar-refractivity contribution < 1.29 is 15.0 Å². The van der Waals surface area contributed by atoms with E-state index >= 15 is 0 Å². The zero-order valence-electron chi connectivity index (χ0n) is 18.5. The van der Waals surface area contributed by atoms with E-state index in [1.165, 1.54) is 25.7 Å². The second-order valence-electron chi connectivity index (χ2n) is 11.7. The molecule has 10 atom stereocenters. The highest BCUT2D eigenvalue weighted by molar-refractivity contribution is 5.75. The van der Waals surface area contributed by atoms with Gasteiger partial charge in [-0.3, -0.25) is 0 Å². The fraction of sp³-hybridized carbons (Fsp3) is 0.960. The molecule has 3 heteroatoms. The number of Topliss-reactive ketones (excluding diaryl/α,β-unsaturated/α-hetero) is 1. The van der Waals surface area contributed by atoms with E-state index in [-0.39, 0.29) is 12.2 Å². The Morgan fingerprint density at radius 3 is 2.39 bits per heavy atom. The van der Waals surface area contributed by atoms with Crippen LogP contribution in [-0.2, 0) is 4.79 Å². The molecule has 0 aromatic rings. The van der Waals surface area contributed by atoms with Gasteiger partial charge in [0.05, 0.1) is 12.2 Å². The molecule has 4 aliphatic carbocycles. The number of fused-ring (bicyclic) bond motifs is 5. The zero-order valence-corrected chi connectivity index (χ0v) is 18.5. The predicted molar refractivity (Wildman–Crippen MR) is 112 cm³/mol. The van der Waals surface area contributed by atoms with Crippen LogP contribution in [0, 0.1) is 46.3 Å². The second-order valence-corrected chi connectivity index (χ2v) is 11.7. The summed E-state index contributed by atoms with van der Waals surface area (Å²) in [5.41, 5.74) is 0.637. The van der Waals surface area contributed by atoms with E-state index in [9.17, 15) is 15.0 Å². The molecular weight excluding hydrogens is 348 g/mol. The summed E-state index contributed by atoms with van der Waals surface area (Å²) in [5.74, 6) is 3.81. The van der Waals surface area contributed by atoms with Crippen LogP contribution in [0.15, 0.2) is 0 Å². The van der Waals surface area contributed by atoms with E-state index in [2.05, 4.69) is 20.8 Å². The SMILES string of the molecule is CC(=O)CC[C@@H](C)[C@H]1CCC2C3C(O)C[C@@H]4C[C@H](O)CC[C@]4(C)C3CC[C@@]21C. The average Bonchev–Trinajstić information content (AvgIpc) is 2.98. The van der Waals surface area contributed by atoms with Gasteiger partial charge in [0, 0.05) is 6.42 Å². The van der Waals surface area contributed by atoms with Crippen LogP contribution in [0.5, 0.6) is 0 Å². The molecule has 28 heavy (non-hydrogen) atoms. The van der Waals surface area contributed by atoms with Crippen molar-refractivity contribution in [2.24, 2.45) is 46.3 Å². The first-order valence-corrected chi connectivity index (χ1v) is 12.0. The molecule has 4 saturated carbocycles. The molecule has 0 bridgehead atoms. The Balaban J connectivity index is 1.55. The molecule has 2 N–H and O–H groups in total. The van der Waals surface area contributed by atoms with E-state index in [4.69, 9.17) is 0 Å². The maximum atomic E-state index is 11.5. The van der Waals surface area contributed by atoms with Gasteiger partial charge in [0.1, 0.15) is 5.78 Å². The second kappa shape index (κ2) is 7.38. The maximum Gasteiger partial charge on any atom is 0.129 e. The number of aliphatic hydroxyl groups is 2. The molecule has 0 heterocycles. The van der Waals surface area contributed by atoms with Crippen LogP contribution in [0.1, 0.15) is 91.9 Å². The van der Waals surface area contributed by atoms with Crippen molar-refractivity contribution in [2.45, 2.75) is 104 Å². The fourth-order valence-electron chi connectivity index (χ4n) is 8.81.